The van der Waals surface area contributed by atoms with Crippen molar-refractivity contribution in [3.8, 4) is 0 Å². The molecule has 1 aromatic rings. The minimum Gasteiger partial charge on any atom is -0.359 e. The molecule has 1 saturated heterocycles. The number of aliphatic imine (C=N–C) groups is 1. The molecule has 0 unspecified atom stereocenters. The molecule has 1 aliphatic carbocycles. The van der Waals surface area contributed by atoms with Crippen molar-refractivity contribution in [1.82, 2.24) is 5.32 Å². The van der Waals surface area contributed by atoms with Crippen molar-refractivity contribution in [3.63, 3.8) is 0 Å². The van der Waals surface area contributed by atoms with Gasteiger partial charge in [-0.1, -0.05) is 31.0 Å². The molecule has 2 aliphatic rings. The van der Waals surface area contributed by atoms with Crippen LogP contribution in [0.15, 0.2) is 20.9 Å². The van der Waals surface area contributed by atoms with Crippen molar-refractivity contribution in [1.29, 1.82) is 0 Å². The summed E-state index contributed by atoms with van der Waals surface area (Å²) in [6, 6.07) is 2.16. The van der Waals surface area contributed by atoms with E-state index in [1.54, 1.807) is 11.3 Å². The van der Waals surface area contributed by atoms with Crippen molar-refractivity contribution in [2.75, 3.05) is 5.75 Å². The number of rotatable bonds is 2. The van der Waals surface area contributed by atoms with Crippen molar-refractivity contribution in [2.24, 2.45) is 4.99 Å². The molecule has 18 heavy (non-hydrogen) atoms. The monoisotopic (exact) mass is 344 g/mol. The summed E-state index contributed by atoms with van der Waals surface area (Å²) in [4.78, 5) is 6.04. The zero-order valence-corrected chi connectivity index (χ0v) is 13.5. The van der Waals surface area contributed by atoms with Crippen LogP contribution in [-0.2, 0) is 6.54 Å². The molecular weight excluding hydrogens is 328 g/mol. The molecule has 1 aromatic heterocycles. The lowest BCUT2D eigenvalue weighted by Gasteiger charge is -2.32. The second-order valence-corrected chi connectivity index (χ2v) is 7.98. The molecule has 2 fully saturated rings. The van der Waals surface area contributed by atoms with Crippen LogP contribution in [-0.4, -0.2) is 16.5 Å². The van der Waals surface area contributed by atoms with E-state index in [0.29, 0.717) is 5.54 Å². The van der Waals surface area contributed by atoms with E-state index in [2.05, 4.69) is 32.7 Å². The van der Waals surface area contributed by atoms with Crippen molar-refractivity contribution >= 4 is 44.2 Å². The maximum atomic E-state index is 4.71. The average Bonchev–Trinajstić information content (AvgIpc) is 2.96. The van der Waals surface area contributed by atoms with Crippen LogP contribution in [0, 0.1) is 0 Å². The van der Waals surface area contributed by atoms with E-state index >= 15 is 0 Å². The molecule has 1 N–H and O–H groups in total. The summed E-state index contributed by atoms with van der Waals surface area (Å²) in [5.74, 6) is 1.21. The second-order valence-electron chi connectivity index (χ2n) is 5.11. The smallest absolute Gasteiger partial charge is 0.157 e. The topological polar surface area (TPSA) is 24.4 Å². The molecule has 2 nitrogen and oxygen atoms in total. The standard InChI is InChI=1S/C13H17BrN2S2/c14-10-6-11(17-8-10)7-15-12-16-13(9-18-12)4-2-1-3-5-13/h6,8H,1-5,7,9H2,(H,15,16). The Labute approximate surface area is 125 Å². The lowest BCUT2D eigenvalue weighted by Crippen LogP contribution is -2.45. The molecule has 1 saturated carbocycles. The molecular formula is C13H17BrN2S2. The highest BCUT2D eigenvalue weighted by Crippen LogP contribution is 2.36. The summed E-state index contributed by atoms with van der Waals surface area (Å²) in [5.41, 5.74) is 0.373. The summed E-state index contributed by atoms with van der Waals surface area (Å²) in [6.07, 6.45) is 6.80. The quantitative estimate of drug-likeness (QED) is 0.859. The molecule has 0 atom stereocenters. The highest BCUT2D eigenvalue weighted by Gasteiger charge is 2.37. The second kappa shape index (κ2) is 5.55. The van der Waals surface area contributed by atoms with Crippen molar-refractivity contribution < 1.29 is 0 Å². The fourth-order valence-corrected chi connectivity index (χ4v) is 5.27. The van der Waals surface area contributed by atoms with Gasteiger partial charge in [0.2, 0.25) is 0 Å². The average molecular weight is 345 g/mol. The number of nitrogens with one attached hydrogen (secondary N) is 1. The van der Waals surface area contributed by atoms with Gasteiger partial charge in [0.25, 0.3) is 0 Å². The first-order valence-electron chi connectivity index (χ1n) is 6.44. The van der Waals surface area contributed by atoms with Crippen LogP contribution in [0.1, 0.15) is 37.0 Å². The maximum Gasteiger partial charge on any atom is 0.157 e. The van der Waals surface area contributed by atoms with Crippen LogP contribution < -0.4 is 5.32 Å². The lowest BCUT2D eigenvalue weighted by molar-refractivity contribution is 0.303. The number of thioether (sulfide) groups is 1. The highest BCUT2D eigenvalue weighted by atomic mass is 79.9. The Hall–Kier alpha value is -0.000000000000000111. The Morgan fingerprint density at radius 2 is 2.17 bits per heavy atom. The van der Waals surface area contributed by atoms with Gasteiger partial charge in [0.15, 0.2) is 5.17 Å². The molecule has 3 rings (SSSR count). The number of hydrogen-bond acceptors (Lipinski definition) is 3. The molecule has 0 amide bonds. The third-order valence-corrected chi connectivity index (χ3v) is 6.55. The molecule has 1 aliphatic heterocycles. The summed E-state index contributed by atoms with van der Waals surface area (Å²) >= 11 is 7.16. The van der Waals surface area contributed by atoms with Gasteiger partial charge < -0.3 is 5.32 Å². The molecule has 0 radical (unpaired) electrons. The predicted octanol–water partition coefficient (Wildman–Crippen LogP) is 4.41. The number of nitrogens with zero attached hydrogens (tertiary/aromatic N) is 1. The number of hydrogen-bond donors (Lipinski definition) is 1. The molecule has 98 valence electrons. The van der Waals surface area contributed by atoms with Gasteiger partial charge in [-0.15, -0.1) is 11.3 Å². The molecule has 0 aromatic carbocycles. The van der Waals surface area contributed by atoms with Gasteiger partial charge in [-0.3, -0.25) is 4.99 Å². The lowest BCUT2D eigenvalue weighted by atomic mass is 9.83. The van der Waals surface area contributed by atoms with E-state index in [1.807, 2.05) is 11.8 Å². The van der Waals surface area contributed by atoms with Crippen LogP contribution >= 0.6 is 39.0 Å². The molecule has 2 heterocycles. The Morgan fingerprint density at radius 3 is 2.89 bits per heavy atom. The molecule has 5 heteroatoms. The zero-order chi connectivity index (χ0) is 12.4. The summed E-state index contributed by atoms with van der Waals surface area (Å²) in [7, 11) is 0. The first-order chi connectivity index (χ1) is 8.76. The van der Waals surface area contributed by atoms with Crippen LogP contribution in [0.2, 0.25) is 0 Å². The van der Waals surface area contributed by atoms with Gasteiger partial charge >= 0.3 is 0 Å². The maximum absolute atomic E-state index is 4.71. The Balaban J connectivity index is 1.61. The predicted molar refractivity (Wildman–Crippen MR) is 84.6 cm³/mol. The molecule has 0 bridgehead atoms. The van der Waals surface area contributed by atoms with Gasteiger partial charge in [-0.25, -0.2) is 0 Å². The van der Waals surface area contributed by atoms with Crippen molar-refractivity contribution in [3.05, 3.63) is 20.8 Å². The van der Waals surface area contributed by atoms with E-state index in [0.717, 1.165) is 11.7 Å². The van der Waals surface area contributed by atoms with Gasteiger partial charge in [0.1, 0.15) is 0 Å². The number of halogens is 1. The van der Waals surface area contributed by atoms with Crippen LogP contribution in [0.25, 0.3) is 0 Å². The molecule has 1 spiro atoms. The van der Waals surface area contributed by atoms with E-state index in [9.17, 15) is 0 Å². The van der Waals surface area contributed by atoms with E-state index in [-0.39, 0.29) is 0 Å². The van der Waals surface area contributed by atoms with E-state index < -0.39 is 0 Å². The van der Waals surface area contributed by atoms with Gasteiger partial charge in [-0.2, -0.15) is 0 Å². The third-order valence-electron chi connectivity index (χ3n) is 3.67. The summed E-state index contributed by atoms with van der Waals surface area (Å²) < 4.78 is 1.17. The van der Waals surface area contributed by atoms with Gasteiger partial charge in [0, 0.05) is 26.0 Å². The van der Waals surface area contributed by atoms with Gasteiger partial charge in [0.05, 0.1) is 6.54 Å². The Morgan fingerprint density at radius 1 is 1.33 bits per heavy atom. The normalized spacial score (nSPS) is 24.6. The summed E-state index contributed by atoms with van der Waals surface area (Å²) in [6.45, 7) is 0.807. The number of amidine groups is 1. The van der Waals surface area contributed by atoms with Gasteiger partial charge in [-0.05, 0) is 34.8 Å². The van der Waals surface area contributed by atoms with Crippen LogP contribution in [0.5, 0.6) is 0 Å². The minimum absolute atomic E-state index is 0.373. The van der Waals surface area contributed by atoms with Crippen LogP contribution in [0.3, 0.4) is 0 Å². The first-order valence-corrected chi connectivity index (χ1v) is 9.10. The number of thiophene rings is 1. The zero-order valence-electron chi connectivity index (χ0n) is 10.2. The Kier molecular flexibility index (Phi) is 4.01. The third kappa shape index (κ3) is 2.94. The van der Waals surface area contributed by atoms with Crippen molar-refractivity contribution in [2.45, 2.75) is 44.2 Å². The first kappa shape index (κ1) is 13.0. The fraction of sp³-hybridized carbons (Fsp3) is 0.615. The fourth-order valence-electron chi connectivity index (χ4n) is 2.68. The largest absolute Gasteiger partial charge is 0.359 e. The van der Waals surface area contributed by atoms with E-state index in [1.165, 1.54) is 47.2 Å². The summed E-state index contributed by atoms with van der Waals surface area (Å²) in [5, 5.41) is 6.96. The Bertz CT molecular complexity index is 450. The highest BCUT2D eigenvalue weighted by molar-refractivity contribution is 9.10. The van der Waals surface area contributed by atoms with E-state index in [4.69, 9.17) is 4.99 Å². The SMILES string of the molecule is Brc1csc(CN=C2NC3(CCCCC3)CS2)c1. The van der Waals surface area contributed by atoms with Crippen LogP contribution in [0.4, 0.5) is 0 Å². The minimum atomic E-state index is 0.373.